The number of alkyl halides is 3. The zero-order valence-corrected chi connectivity index (χ0v) is 16.3. The lowest BCUT2D eigenvalue weighted by atomic mass is 10.1. The Morgan fingerprint density at radius 2 is 1.77 bits per heavy atom. The van der Waals surface area contributed by atoms with E-state index in [1.807, 2.05) is 31.2 Å². The quantitative estimate of drug-likeness (QED) is 0.457. The Kier molecular flexibility index (Phi) is 5.33. The Balaban J connectivity index is 1.57. The Bertz CT molecular complexity index is 1260. The van der Waals surface area contributed by atoms with Gasteiger partial charge < -0.3 is 13.8 Å². The minimum Gasteiger partial charge on any atom is -0.406 e. The summed E-state index contributed by atoms with van der Waals surface area (Å²) in [5.41, 5.74) is 2.90. The molecule has 2 aromatic heterocycles. The lowest BCUT2D eigenvalue weighted by Gasteiger charge is -2.08. The van der Waals surface area contributed by atoms with Gasteiger partial charge >= 0.3 is 6.36 Å². The first kappa shape index (κ1) is 20.4. The smallest absolute Gasteiger partial charge is 0.406 e. The van der Waals surface area contributed by atoms with Crippen LogP contribution in [0.2, 0.25) is 0 Å². The molecule has 0 aliphatic carbocycles. The van der Waals surface area contributed by atoms with Crippen molar-refractivity contribution in [3.05, 3.63) is 88.3 Å². The SMILES string of the molecule is Cc1cccc(Cn2cc(-c3nc(-c4ccc(OC(F)(F)F)cc4)no3)ccc2=O)c1. The number of halogens is 3. The molecule has 0 saturated heterocycles. The van der Waals surface area contributed by atoms with E-state index in [0.29, 0.717) is 17.7 Å². The Morgan fingerprint density at radius 1 is 1.03 bits per heavy atom. The highest BCUT2D eigenvalue weighted by molar-refractivity contribution is 5.59. The molecule has 31 heavy (non-hydrogen) atoms. The summed E-state index contributed by atoms with van der Waals surface area (Å²) < 4.78 is 47.5. The monoisotopic (exact) mass is 427 g/mol. The maximum atomic E-state index is 12.3. The third kappa shape index (κ3) is 5.00. The standard InChI is InChI=1S/C22H16F3N3O3/c1-14-3-2-4-15(11-14)12-28-13-17(7-10-19(28)29)21-26-20(27-31-21)16-5-8-18(9-6-16)30-22(23,24)25/h2-11,13H,12H2,1H3. The first-order valence-corrected chi connectivity index (χ1v) is 9.23. The molecule has 2 aromatic carbocycles. The summed E-state index contributed by atoms with van der Waals surface area (Å²) in [6, 6.07) is 16.0. The molecule has 158 valence electrons. The highest BCUT2D eigenvalue weighted by atomic mass is 19.4. The first-order valence-electron chi connectivity index (χ1n) is 9.23. The Hall–Kier alpha value is -3.88. The fourth-order valence-corrected chi connectivity index (χ4v) is 3.05. The Morgan fingerprint density at radius 3 is 2.48 bits per heavy atom. The molecule has 0 bridgehead atoms. The second-order valence-corrected chi connectivity index (χ2v) is 6.87. The number of hydrogen-bond donors (Lipinski definition) is 0. The van der Waals surface area contributed by atoms with Gasteiger partial charge in [-0.1, -0.05) is 35.0 Å². The molecule has 0 unspecified atom stereocenters. The molecular weight excluding hydrogens is 411 g/mol. The highest BCUT2D eigenvalue weighted by Crippen LogP contribution is 2.26. The van der Waals surface area contributed by atoms with E-state index in [4.69, 9.17) is 4.52 Å². The molecule has 2 heterocycles. The third-order valence-electron chi connectivity index (χ3n) is 4.44. The number of hydrogen-bond acceptors (Lipinski definition) is 5. The van der Waals surface area contributed by atoms with Crippen molar-refractivity contribution >= 4 is 0 Å². The van der Waals surface area contributed by atoms with Gasteiger partial charge in [0.1, 0.15) is 5.75 Å². The molecule has 6 nitrogen and oxygen atoms in total. The molecule has 0 N–H and O–H groups in total. The van der Waals surface area contributed by atoms with Crippen molar-refractivity contribution in [2.75, 3.05) is 0 Å². The number of pyridine rings is 1. The minimum atomic E-state index is -4.76. The molecule has 0 aliphatic rings. The summed E-state index contributed by atoms with van der Waals surface area (Å²) in [6.07, 6.45) is -3.13. The molecular formula is C22H16F3N3O3. The average Bonchev–Trinajstić information content (AvgIpc) is 3.19. The summed E-state index contributed by atoms with van der Waals surface area (Å²) in [5.74, 6) is 0.0387. The van der Waals surface area contributed by atoms with E-state index in [-0.39, 0.29) is 23.0 Å². The maximum absolute atomic E-state index is 12.3. The zero-order valence-electron chi connectivity index (χ0n) is 16.3. The molecule has 4 rings (SSSR count). The van der Waals surface area contributed by atoms with Gasteiger partial charge in [-0.15, -0.1) is 13.2 Å². The topological polar surface area (TPSA) is 70.2 Å². The van der Waals surface area contributed by atoms with E-state index in [9.17, 15) is 18.0 Å². The van der Waals surface area contributed by atoms with E-state index in [1.54, 1.807) is 12.3 Å². The highest BCUT2D eigenvalue weighted by Gasteiger charge is 2.31. The van der Waals surface area contributed by atoms with Gasteiger partial charge in [0, 0.05) is 17.8 Å². The number of benzene rings is 2. The fraction of sp³-hybridized carbons (Fsp3) is 0.136. The lowest BCUT2D eigenvalue weighted by molar-refractivity contribution is -0.274. The number of aromatic nitrogens is 3. The van der Waals surface area contributed by atoms with Crippen molar-refractivity contribution < 1.29 is 22.4 Å². The molecule has 0 atom stereocenters. The van der Waals surface area contributed by atoms with E-state index in [0.717, 1.165) is 11.1 Å². The van der Waals surface area contributed by atoms with Crippen LogP contribution in [0.5, 0.6) is 5.75 Å². The molecule has 0 radical (unpaired) electrons. The van der Waals surface area contributed by atoms with Crippen LogP contribution in [0.1, 0.15) is 11.1 Å². The number of aryl methyl sites for hydroxylation is 1. The van der Waals surface area contributed by atoms with Crippen LogP contribution in [0.25, 0.3) is 22.8 Å². The lowest BCUT2D eigenvalue weighted by Crippen LogP contribution is -2.19. The first-order chi connectivity index (χ1) is 14.8. The number of rotatable bonds is 5. The summed E-state index contributed by atoms with van der Waals surface area (Å²) in [5, 5.41) is 3.88. The van der Waals surface area contributed by atoms with Gasteiger partial charge in [-0.3, -0.25) is 4.79 Å². The van der Waals surface area contributed by atoms with Crippen LogP contribution in [0.3, 0.4) is 0 Å². The van der Waals surface area contributed by atoms with Gasteiger partial charge in [0.2, 0.25) is 5.82 Å². The average molecular weight is 427 g/mol. The van der Waals surface area contributed by atoms with Gasteiger partial charge in [-0.2, -0.15) is 4.98 Å². The molecule has 0 fully saturated rings. The molecule has 9 heteroatoms. The largest absolute Gasteiger partial charge is 0.573 e. The zero-order chi connectivity index (χ0) is 22.0. The fourth-order valence-electron chi connectivity index (χ4n) is 3.05. The molecule has 0 spiro atoms. The molecule has 0 amide bonds. The van der Waals surface area contributed by atoms with Crippen molar-refractivity contribution in [3.63, 3.8) is 0 Å². The number of ether oxygens (including phenoxy) is 1. The van der Waals surface area contributed by atoms with Crippen molar-refractivity contribution in [3.8, 4) is 28.6 Å². The van der Waals surface area contributed by atoms with Crippen LogP contribution < -0.4 is 10.3 Å². The normalized spacial score (nSPS) is 11.5. The van der Waals surface area contributed by atoms with E-state index >= 15 is 0 Å². The van der Waals surface area contributed by atoms with Crippen LogP contribution in [-0.4, -0.2) is 21.1 Å². The molecule has 0 saturated carbocycles. The van der Waals surface area contributed by atoms with E-state index in [1.165, 1.54) is 34.9 Å². The van der Waals surface area contributed by atoms with Gasteiger partial charge in [-0.25, -0.2) is 0 Å². The van der Waals surface area contributed by atoms with E-state index < -0.39 is 6.36 Å². The van der Waals surface area contributed by atoms with Gasteiger partial charge in [0.25, 0.3) is 11.4 Å². The second-order valence-electron chi connectivity index (χ2n) is 6.87. The predicted molar refractivity (Wildman–Crippen MR) is 106 cm³/mol. The van der Waals surface area contributed by atoms with Gasteiger partial charge in [0.05, 0.1) is 12.1 Å². The van der Waals surface area contributed by atoms with Crippen LogP contribution in [-0.2, 0) is 6.54 Å². The number of nitrogens with zero attached hydrogens (tertiary/aromatic N) is 3. The van der Waals surface area contributed by atoms with Gasteiger partial charge in [-0.05, 0) is 42.8 Å². The predicted octanol–water partition coefficient (Wildman–Crippen LogP) is 4.82. The summed E-state index contributed by atoms with van der Waals surface area (Å²) in [4.78, 5) is 16.5. The summed E-state index contributed by atoms with van der Waals surface area (Å²) in [6.45, 7) is 2.36. The van der Waals surface area contributed by atoms with Gasteiger partial charge in [0.15, 0.2) is 0 Å². The van der Waals surface area contributed by atoms with Crippen molar-refractivity contribution in [1.82, 2.24) is 14.7 Å². The molecule has 0 aliphatic heterocycles. The Labute approximate surface area is 174 Å². The van der Waals surface area contributed by atoms with Crippen LogP contribution in [0, 0.1) is 6.92 Å². The van der Waals surface area contributed by atoms with Crippen LogP contribution in [0.15, 0.2) is 76.2 Å². The van der Waals surface area contributed by atoms with Crippen LogP contribution >= 0.6 is 0 Å². The molecule has 4 aromatic rings. The summed E-state index contributed by atoms with van der Waals surface area (Å²) >= 11 is 0. The third-order valence-corrected chi connectivity index (χ3v) is 4.44. The van der Waals surface area contributed by atoms with Crippen LogP contribution in [0.4, 0.5) is 13.2 Å². The summed E-state index contributed by atoms with van der Waals surface area (Å²) in [7, 11) is 0. The van der Waals surface area contributed by atoms with Crippen molar-refractivity contribution in [2.45, 2.75) is 19.8 Å². The van der Waals surface area contributed by atoms with Crippen molar-refractivity contribution in [1.29, 1.82) is 0 Å². The van der Waals surface area contributed by atoms with Crippen molar-refractivity contribution in [2.24, 2.45) is 0 Å². The van der Waals surface area contributed by atoms with E-state index in [2.05, 4.69) is 14.9 Å². The minimum absolute atomic E-state index is 0.176. The maximum Gasteiger partial charge on any atom is 0.573 e. The second kappa shape index (κ2) is 8.10.